The van der Waals surface area contributed by atoms with Gasteiger partial charge in [0.2, 0.25) is 0 Å². The van der Waals surface area contributed by atoms with E-state index in [1.165, 1.54) is 0 Å². The molecule has 0 aromatic rings. The fourth-order valence-corrected chi connectivity index (χ4v) is 1.63. The van der Waals surface area contributed by atoms with Crippen LogP contribution >= 0.6 is 0 Å². The molecule has 72 valence electrons. The summed E-state index contributed by atoms with van der Waals surface area (Å²) in [4.78, 5) is 0. The van der Waals surface area contributed by atoms with Crippen molar-refractivity contribution in [2.45, 2.75) is 52.2 Å². The fraction of sp³-hybridized carbons (Fsp3) is 1.00. The minimum absolute atomic E-state index is 0.0137. The van der Waals surface area contributed by atoms with E-state index in [1.54, 1.807) is 0 Å². The zero-order valence-corrected chi connectivity index (χ0v) is 8.65. The summed E-state index contributed by atoms with van der Waals surface area (Å²) in [6.45, 7) is 9.21. The average molecular weight is 171 g/mol. The molecule has 1 heterocycles. The van der Waals surface area contributed by atoms with Crippen molar-refractivity contribution in [3.8, 4) is 0 Å². The van der Waals surface area contributed by atoms with Crippen molar-refractivity contribution < 1.29 is 5.11 Å². The first-order chi connectivity index (χ1) is 5.35. The first-order valence-electron chi connectivity index (χ1n) is 4.81. The second-order valence-electron chi connectivity index (χ2n) is 5.10. The summed E-state index contributed by atoms with van der Waals surface area (Å²) < 4.78 is 0. The van der Waals surface area contributed by atoms with Gasteiger partial charge in [-0.2, -0.15) is 0 Å². The van der Waals surface area contributed by atoms with Crippen molar-refractivity contribution in [1.82, 2.24) is 5.32 Å². The van der Waals surface area contributed by atoms with Gasteiger partial charge in [-0.25, -0.2) is 0 Å². The molecule has 12 heavy (non-hydrogen) atoms. The molecule has 0 aromatic heterocycles. The molecule has 0 spiro atoms. The molecule has 1 saturated heterocycles. The van der Waals surface area contributed by atoms with Gasteiger partial charge in [0.05, 0.1) is 5.60 Å². The second kappa shape index (κ2) is 3.00. The molecule has 0 radical (unpaired) electrons. The Morgan fingerprint density at radius 1 is 1.42 bits per heavy atom. The number of nitrogens with one attached hydrogen (secondary N) is 1. The summed E-state index contributed by atoms with van der Waals surface area (Å²) in [6, 6.07) is 0.563. The Balaban J connectivity index is 2.62. The summed E-state index contributed by atoms with van der Waals surface area (Å²) in [5.74, 6) is 0. The largest absolute Gasteiger partial charge is 0.388 e. The van der Waals surface area contributed by atoms with Crippen LogP contribution < -0.4 is 5.32 Å². The predicted octanol–water partition coefficient (Wildman–Crippen LogP) is 1.54. The molecule has 2 nitrogen and oxygen atoms in total. The minimum atomic E-state index is -0.514. The van der Waals surface area contributed by atoms with Gasteiger partial charge < -0.3 is 10.4 Å². The lowest BCUT2D eigenvalue weighted by molar-refractivity contribution is -0.0789. The molecule has 1 aliphatic heterocycles. The van der Waals surface area contributed by atoms with Crippen molar-refractivity contribution in [2.75, 3.05) is 6.54 Å². The van der Waals surface area contributed by atoms with Crippen LogP contribution in [0.3, 0.4) is 0 Å². The summed E-state index contributed by atoms with van der Waals surface area (Å²) >= 11 is 0. The lowest BCUT2D eigenvalue weighted by atomic mass is 9.71. The molecule has 0 aromatic carbocycles. The predicted molar refractivity (Wildman–Crippen MR) is 51.1 cm³/mol. The van der Waals surface area contributed by atoms with Crippen molar-refractivity contribution in [3.05, 3.63) is 0 Å². The van der Waals surface area contributed by atoms with E-state index in [-0.39, 0.29) is 5.41 Å². The van der Waals surface area contributed by atoms with E-state index in [9.17, 15) is 5.11 Å². The highest BCUT2D eigenvalue weighted by molar-refractivity contribution is 4.96. The zero-order chi connectivity index (χ0) is 9.41. The summed E-state index contributed by atoms with van der Waals surface area (Å²) in [7, 11) is 0. The van der Waals surface area contributed by atoms with Crippen LogP contribution in [-0.2, 0) is 0 Å². The third-order valence-corrected chi connectivity index (χ3v) is 3.13. The Bertz CT molecular complexity index is 152. The number of piperidine rings is 1. The molecule has 1 aliphatic rings. The van der Waals surface area contributed by atoms with Crippen molar-refractivity contribution >= 4 is 0 Å². The quantitative estimate of drug-likeness (QED) is 0.579. The van der Waals surface area contributed by atoms with E-state index in [0.29, 0.717) is 6.04 Å². The third kappa shape index (κ3) is 1.80. The number of rotatable bonds is 0. The first-order valence-corrected chi connectivity index (χ1v) is 4.81. The Kier molecular flexibility index (Phi) is 2.50. The molecule has 0 saturated carbocycles. The summed E-state index contributed by atoms with van der Waals surface area (Å²) in [6.07, 6.45) is 2.00. The second-order valence-corrected chi connectivity index (χ2v) is 5.10. The Morgan fingerprint density at radius 2 is 2.00 bits per heavy atom. The van der Waals surface area contributed by atoms with Crippen LogP contribution in [-0.4, -0.2) is 23.3 Å². The number of hydrogen-bond donors (Lipinski definition) is 2. The molecular weight excluding hydrogens is 150 g/mol. The van der Waals surface area contributed by atoms with Crippen LogP contribution in [0.2, 0.25) is 0 Å². The van der Waals surface area contributed by atoms with Gasteiger partial charge >= 0.3 is 0 Å². The number of β-amino-alcohol motifs (C(OH)–C–C–N with tert-alkyl or cyclic N) is 1. The lowest BCUT2D eigenvalue weighted by Crippen LogP contribution is -2.56. The van der Waals surface area contributed by atoms with Crippen LogP contribution in [0, 0.1) is 5.41 Å². The van der Waals surface area contributed by atoms with Crippen molar-refractivity contribution in [1.29, 1.82) is 0 Å². The maximum Gasteiger partial charge on any atom is 0.0820 e. The molecule has 0 bridgehead atoms. The Hall–Kier alpha value is -0.0800. The first kappa shape index (κ1) is 10.0. The topological polar surface area (TPSA) is 32.3 Å². The van der Waals surface area contributed by atoms with E-state index in [4.69, 9.17) is 0 Å². The highest BCUT2D eigenvalue weighted by Gasteiger charge is 2.41. The maximum absolute atomic E-state index is 10.3. The monoisotopic (exact) mass is 171 g/mol. The fourth-order valence-electron chi connectivity index (χ4n) is 1.63. The van der Waals surface area contributed by atoms with E-state index in [2.05, 4.69) is 33.0 Å². The van der Waals surface area contributed by atoms with Crippen LogP contribution in [0.5, 0.6) is 0 Å². The van der Waals surface area contributed by atoms with Gasteiger partial charge in [0.1, 0.15) is 0 Å². The minimum Gasteiger partial charge on any atom is -0.388 e. The van der Waals surface area contributed by atoms with Gasteiger partial charge in [-0.15, -0.1) is 0 Å². The molecule has 0 aliphatic carbocycles. The van der Waals surface area contributed by atoms with Crippen LogP contribution in [0.25, 0.3) is 0 Å². The van der Waals surface area contributed by atoms with Gasteiger partial charge in [-0.05, 0) is 25.2 Å². The van der Waals surface area contributed by atoms with Gasteiger partial charge in [0.15, 0.2) is 0 Å². The van der Waals surface area contributed by atoms with E-state index >= 15 is 0 Å². The maximum atomic E-state index is 10.3. The summed E-state index contributed by atoms with van der Waals surface area (Å²) in [5.41, 5.74) is -0.528. The van der Waals surface area contributed by atoms with Crippen LogP contribution in [0.15, 0.2) is 0 Å². The SMILES string of the molecule is CC1CCC(O)(C(C)(C)C)CN1. The molecule has 2 unspecified atom stereocenters. The van der Waals surface area contributed by atoms with Gasteiger partial charge in [0, 0.05) is 12.6 Å². The van der Waals surface area contributed by atoms with Gasteiger partial charge in [-0.1, -0.05) is 20.8 Å². The highest BCUT2D eigenvalue weighted by atomic mass is 16.3. The lowest BCUT2D eigenvalue weighted by Gasteiger charge is -2.45. The Labute approximate surface area is 75.4 Å². The normalized spacial score (nSPS) is 38.2. The van der Waals surface area contributed by atoms with E-state index in [0.717, 1.165) is 19.4 Å². The zero-order valence-electron chi connectivity index (χ0n) is 8.65. The molecule has 1 fully saturated rings. The molecule has 2 atom stereocenters. The van der Waals surface area contributed by atoms with E-state index < -0.39 is 5.60 Å². The molecule has 2 heteroatoms. The molecule has 0 amide bonds. The van der Waals surface area contributed by atoms with Crippen molar-refractivity contribution in [2.24, 2.45) is 5.41 Å². The standard InChI is InChI=1S/C10H21NO/c1-8-5-6-10(12,7-11-8)9(2,3)4/h8,11-12H,5-7H2,1-4H3. The van der Waals surface area contributed by atoms with Crippen LogP contribution in [0.4, 0.5) is 0 Å². The van der Waals surface area contributed by atoms with Crippen molar-refractivity contribution in [3.63, 3.8) is 0 Å². The third-order valence-electron chi connectivity index (χ3n) is 3.13. The smallest absolute Gasteiger partial charge is 0.0820 e. The summed E-state index contributed by atoms with van der Waals surface area (Å²) in [5, 5.41) is 13.6. The number of aliphatic hydroxyl groups is 1. The van der Waals surface area contributed by atoms with E-state index in [1.807, 2.05) is 0 Å². The molecule has 2 N–H and O–H groups in total. The molecular formula is C10H21NO. The molecule has 1 rings (SSSR count). The van der Waals surface area contributed by atoms with Gasteiger partial charge in [0.25, 0.3) is 0 Å². The highest BCUT2D eigenvalue weighted by Crippen LogP contribution is 2.36. The number of hydrogen-bond acceptors (Lipinski definition) is 2. The van der Waals surface area contributed by atoms with Crippen LogP contribution in [0.1, 0.15) is 40.5 Å². The Morgan fingerprint density at radius 3 is 2.33 bits per heavy atom. The van der Waals surface area contributed by atoms with Gasteiger partial charge in [-0.3, -0.25) is 0 Å². The average Bonchev–Trinajstić information content (AvgIpc) is 1.93.